The van der Waals surface area contributed by atoms with Crippen LogP contribution in [0.3, 0.4) is 0 Å². The van der Waals surface area contributed by atoms with Crippen LogP contribution in [0.1, 0.15) is 31.2 Å². The molecule has 1 aromatic carbocycles. The van der Waals surface area contributed by atoms with Crippen molar-refractivity contribution in [3.05, 3.63) is 48.5 Å². The predicted molar refractivity (Wildman–Crippen MR) is 112 cm³/mol. The molecule has 1 N–H and O–H groups in total. The summed E-state index contributed by atoms with van der Waals surface area (Å²) in [6, 6.07) is 10.9. The van der Waals surface area contributed by atoms with Crippen molar-refractivity contribution in [3.8, 4) is 0 Å². The number of piperidine rings is 1. The normalized spacial score (nSPS) is 33.5. The monoisotopic (exact) mass is 395 g/mol. The fraction of sp³-hybridized carbons (Fsp3) is 0.652. The van der Waals surface area contributed by atoms with Crippen molar-refractivity contribution in [2.45, 2.75) is 38.3 Å². The van der Waals surface area contributed by atoms with Crippen molar-refractivity contribution in [2.75, 3.05) is 39.3 Å². The Morgan fingerprint density at radius 1 is 1.03 bits per heavy atom. The first kappa shape index (κ1) is 19.2. The molecule has 6 nitrogen and oxygen atoms in total. The van der Waals surface area contributed by atoms with Gasteiger partial charge in [0.2, 0.25) is 0 Å². The van der Waals surface area contributed by atoms with Gasteiger partial charge in [0.15, 0.2) is 0 Å². The van der Waals surface area contributed by atoms with Gasteiger partial charge in [-0.2, -0.15) is 0 Å². The van der Waals surface area contributed by atoms with E-state index in [1.807, 2.05) is 4.57 Å². The van der Waals surface area contributed by atoms with E-state index in [0.29, 0.717) is 11.8 Å². The van der Waals surface area contributed by atoms with Crippen LogP contribution in [0.5, 0.6) is 0 Å². The van der Waals surface area contributed by atoms with Crippen LogP contribution in [0, 0.1) is 17.3 Å². The van der Waals surface area contributed by atoms with E-state index >= 15 is 0 Å². The van der Waals surface area contributed by atoms with E-state index in [1.165, 1.54) is 31.5 Å². The fourth-order valence-electron chi connectivity index (χ4n) is 5.95. The Hall–Kier alpha value is -1.76. The number of hydrogen-bond donors (Lipinski definition) is 1. The lowest BCUT2D eigenvalue weighted by atomic mass is 9.95. The average molecular weight is 396 g/mol. The number of nitrogens with zero attached hydrogens (tertiary/aromatic N) is 5. The summed E-state index contributed by atoms with van der Waals surface area (Å²) in [5, 5.41) is 19.0. The molecular weight excluding hydrogens is 362 g/mol. The molecule has 2 aromatic rings. The Balaban J connectivity index is 1.31. The molecule has 3 heterocycles. The third kappa shape index (κ3) is 3.62. The van der Waals surface area contributed by atoms with Crippen molar-refractivity contribution in [1.29, 1.82) is 0 Å². The second-order valence-corrected chi connectivity index (χ2v) is 9.54. The van der Waals surface area contributed by atoms with Gasteiger partial charge in [-0.25, -0.2) is 0 Å². The van der Waals surface area contributed by atoms with Gasteiger partial charge in [0.1, 0.15) is 12.7 Å². The Labute approximate surface area is 173 Å². The van der Waals surface area contributed by atoms with Crippen molar-refractivity contribution in [2.24, 2.45) is 17.3 Å². The molecule has 1 spiro atoms. The van der Waals surface area contributed by atoms with Gasteiger partial charge in [-0.1, -0.05) is 37.3 Å². The van der Waals surface area contributed by atoms with Crippen LogP contribution in [-0.4, -0.2) is 75.0 Å². The summed E-state index contributed by atoms with van der Waals surface area (Å²) in [5.74, 6) is 1.88. The highest BCUT2D eigenvalue weighted by atomic mass is 16.3. The molecule has 29 heavy (non-hydrogen) atoms. The van der Waals surface area contributed by atoms with Crippen LogP contribution in [0.4, 0.5) is 0 Å². The summed E-state index contributed by atoms with van der Waals surface area (Å²) in [5.41, 5.74) is 1.42. The molecule has 1 aliphatic carbocycles. The minimum atomic E-state index is -0.248. The third-order valence-electron chi connectivity index (χ3n) is 7.74. The number of likely N-dealkylation sites (tertiary alicyclic amines) is 2. The van der Waals surface area contributed by atoms with Gasteiger partial charge >= 0.3 is 0 Å². The van der Waals surface area contributed by atoms with Crippen molar-refractivity contribution < 1.29 is 5.11 Å². The molecule has 0 bridgehead atoms. The second-order valence-electron chi connectivity index (χ2n) is 9.54. The molecule has 0 unspecified atom stereocenters. The summed E-state index contributed by atoms with van der Waals surface area (Å²) in [7, 11) is 0. The first-order valence-corrected chi connectivity index (χ1v) is 11.2. The zero-order valence-electron chi connectivity index (χ0n) is 17.4. The maximum Gasteiger partial charge on any atom is 0.119 e. The number of aliphatic hydroxyl groups excluding tert-OH is 1. The van der Waals surface area contributed by atoms with Crippen LogP contribution in [0.25, 0.3) is 0 Å². The summed E-state index contributed by atoms with van der Waals surface area (Å²) in [6.45, 7) is 9.50. The number of aliphatic hydroxyl groups is 1. The quantitative estimate of drug-likeness (QED) is 0.812. The van der Waals surface area contributed by atoms with E-state index in [1.54, 1.807) is 12.7 Å². The molecular formula is C23H33N5O. The molecule has 1 aromatic heterocycles. The standard InChI is InChI=1S/C23H33N5O/c1-18-7-9-26(10-8-18)13-20-22(19-5-3-2-4-6-19)23(20)15-27(14-21(23)29)11-12-28-16-24-25-17-28/h2-6,16-18,20-22,29H,7-15H2,1H3/t20-,21-,22-,23-/m1/s1. The molecule has 156 valence electrons. The molecule has 6 heteroatoms. The van der Waals surface area contributed by atoms with Gasteiger partial charge in [0, 0.05) is 38.1 Å². The van der Waals surface area contributed by atoms with Crippen LogP contribution in [0.2, 0.25) is 0 Å². The molecule has 0 amide bonds. The van der Waals surface area contributed by atoms with Crippen molar-refractivity contribution in [3.63, 3.8) is 0 Å². The largest absolute Gasteiger partial charge is 0.391 e. The maximum absolute atomic E-state index is 11.2. The number of hydrogen-bond acceptors (Lipinski definition) is 5. The molecule has 3 fully saturated rings. The van der Waals surface area contributed by atoms with Gasteiger partial charge in [-0.15, -0.1) is 10.2 Å². The molecule has 2 saturated heterocycles. The van der Waals surface area contributed by atoms with E-state index in [2.05, 4.69) is 57.3 Å². The highest BCUT2D eigenvalue weighted by molar-refractivity contribution is 5.36. The van der Waals surface area contributed by atoms with Crippen LogP contribution in [0.15, 0.2) is 43.0 Å². The SMILES string of the molecule is CC1CCN(C[C@@H]2[C@@H](c3ccccc3)[C@]23CN(CCn2cnnc2)C[C@H]3O)CC1. The lowest BCUT2D eigenvalue weighted by Crippen LogP contribution is -2.36. The zero-order chi connectivity index (χ0) is 19.8. The Kier molecular flexibility index (Phi) is 5.18. The second kappa shape index (κ2) is 7.82. The molecule has 1 saturated carbocycles. The first-order valence-electron chi connectivity index (χ1n) is 11.2. The van der Waals surface area contributed by atoms with Crippen LogP contribution in [-0.2, 0) is 6.54 Å². The van der Waals surface area contributed by atoms with E-state index in [-0.39, 0.29) is 11.5 Å². The predicted octanol–water partition coefficient (Wildman–Crippen LogP) is 2.09. The van der Waals surface area contributed by atoms with Gasteiger partial charge in [0.05, 0.1) is 6.10 Å². The smallest absolute Gasteiger partial charge is 0.119 e. The Morgan fingerprint density at radius 2 is 1.76 bits per heavy atom. The summed E-state index contributed by atoms with van der Waals surface area (Å²) in [6.07, 6.45) is 5.91. The van der Waals surface area contributed by atoms with Crippen molar-refractivity contribution in [1.82, 2.24) is 24.6 Å². The Morgan fingerprint density at radius 3 is 2.48 bits per heavy atom. The van der Waals surface area contributed by atoms with Gasteiger partial charge in [-0.3, -0.25) is 4.90 Å². The molecule has 2 aliphatic heterocycles. The molecule has 3 aliphatic rings. The molecule has 0 radical (unpaired) electrons. The first-order chi connectivity index (χ1) is 14.2. The number of benzene rings is 1. The Bertz CT molecular complexity index is 789. The van der Waals surface area contributed by atoms with E-state index < -0.39 is 0 Å². The molecule has 5 rings (SSSR count). The molecule has 4 atom stereocenters. The fourth-order valence-corrected chi connectivity index (χ4v) is 5.95. The summed E-state index contributed by atoms with van der Waals surface area (Å²) in [4.78, 5) is 5.10. The van der Waals surface area contributed by atoms with E-state index in [9.17, 15) is 5.11 Å². The minimum absolute atomic E-state index is 0.0115. The van der Waals surface area contributed by atoms with Crippen LogP contribution >= 0.6 is 0 Å². The van der Waals surface area contributed by atoms with Gasteiger partial charge in [-0.05, 0) is 49.2 Å². The van der Waals surface area contributed by atoms with E-state index in [4.69, 9.17) is 0 Å². The summed E-state index contributed by atoms with van der Waals surface area (Å²) < 4.78 is 2.02. The van der Waals surface area contributed by atoms with Crippen LogP contribution < -0.4 is 0 Å². The highest BCUT2D eigenvalue weighted by Crippen LogP contribution is 2.69. The number of aromatic nitrogens is 3. The third-order valence-corrected chi connectivity index (χ3v) is 7.74. The van der Waals surface area contributed by atoms with Gasteiger partial charge in [0.25, 0.3) is 0 Å². The van der Waals surface area contributed by atoms with Crippen molar-refractivity contribution >= 4 is 0 Å². The highest BCUT2D eigenvalue weighted by Gasteiger charge is 2.71. The lowest BCUT2D eigenvalue weighted by molar-refractivity contribution is 0.109. The topological polar surface area (TPSA) is 57.4 Å². The lowest BCUT2D eigenvalue weighted by Gasteiger charge is -2.31. The van der Waals surface area contributed by atoms with E-state index in [0.717, 1.165) is 38.6 Å². The van der Waals surface area contributed by atoms with Gasteiger partial charge < -0.3 is 14.6 Å². The number of rotatable bonds is 6. The average Bonchev–Trinajstić information content (AvgIpc) is 3.04. The minimum Gasteiger partial charge on any atom is -0.391 e. The maximum atomic E-state index is 11.2. The zero-order valence-corrected chi connectivity index (χ0v) is 17.4. The number of β-amino-alcohol motifs (C(OH)–C–C–N with tert-alkyl or cyclic N) is 1. The summed E-state index contributed by atoms with van der Waals surface area (Å²) >= 11 is 0.